The van der Waals surface area contributed by atoms with E-state index in [0.717, 1.165) is 0 Å². The second-order valence-corrected chi connectivity index (χ2v) is 6.70. The van der Waals surface area contributed by atoms with Crippen molar-refractivity contribution < 1.29 is 23.8 Å². The number of ether oxygens (including phenoxy) is 3. The first-order chi connectivity index (χ1) is 12.3. The standard InChI is InChI=1S/C19H20N2O5/c1-19(2,3)26-18(23)21-13-9-7-12(8-10-13)20-17(22)14-5-4-6-15-16(14)25-11-24-15/h4-10H,11H2,1-3H3,(H,20,22)(H,21,23). The average Bonchev–Trinajstić information content (AvgIpc) is 3.03. The van der Waals surface area contributed by atoms with E-state index in [9.17, 15) is 9.59 Å². The fourth-order valence-corrected chi connectivity index (χ4v) is 2.37. The molecule has 3 rings (SSSR count). The van der Waals surface area contributed by atoms with Gasteiger partial charge < -0.3 is 19.5 Å². The Balaban J connectivity index is 1.64. The van der Waals surface area contributed by atoms with Gasteiger partial charge in [-0.25, -0.2) is 4.79 Å². The van der Waals surface area contributed by atoms with Gasteiger partial charge in [-0.15, -0.1) is 0 Å². The van der Waals surface area contributed by atoms with E-state index in [1.807, 2.05) is 0 Å². The van der Waals surface area contributed by atoms with Crippen molar-refractivity contribution in [2.24, 2.45) is 0 Å². The van der Waals surface area contributed by atoms with Crippen LogP contribution >= 0.6 is 0 Å². The Labute approximate surface area is 151 Å². The lowest BCUT2D eigenvalue weighted by Crippen LogP contribution is -2.27. The molecule has 7 heteroatoms. The normalized spacial score (nSPS) is 12.4. The van der Waals surface area contributed by atoms with Crippen LogP contribution in [0.15, 0.2) is 42.5 Å². The first-order valence-corrected chi connectivity index (χ1v) is 8.12. The van der Waals surface area contributed by atoms with Crippen LogP contribution in [0.5, 0.6) is 11.5 Å². The lowest BCUT2D eigenvalue weighted by Gasteiger charge is -2.19. The number of carbonyl (C=O) groups excluding carboxylic acids is 2. The van der Waals surface area contributed by atoms with Crippen LogP contribution < -0.4 is 20.1 Å². The van der Waals surface area contributed by atoms with Crippen molar-refractivity contribution in [1.29, 1.82) is 0 Å². The summed E-state index contributed by atoms with van der Waals surface area (Å²) in [6, 6.07) is 11.9. The van der Waals surface area contributed by atoms with Gasteiger partial charge in [0.1, 0.15) is 5.60 Å². The number of benzene rings is 2. The van der Waals surface area contributed by atoms with Crippen molar-refractivity contribution in [3.05, 3.63) is 48.0 Å². The number of para-hydroxylation sites is 1. The Morgan fingerprint density at radius 1 is 0.962 bits per heavy atom. The van der Waals surface area contributed by atoms with Crippen LogP contribution in [0.3, 0.4) is 0 Å². The summed E-state index contributed by atoms with van der Waals surface area (Å²) >= 11 is 0. The van der Waals surface area contributed by atoms with Gasteiger partial charge in [0.15, 0.2) is 11.5 Å². The highest BCUT2D eigenvalue weighted by atomic mass is 16.7. The molecular formula is C19H20N2O5. The molecule has 2 amide bonds. The van der Waals surface area contributed by atoms with Gasteiger partial charge >= 0.3 is 6.09 Å². The van der Waals surface area contributed by atoms with E-state index >= 15 is 0 Å². The molecule has 7 nitrogen and oxygen atoms in total. The molecule has 2 N–H and O–H groups in total. The van der Waals surface area contributed by atoms with E-state index in [4.69, 9.17) is 14.2 Å². The molecule has 0 aliphatic carbocycles. The second kappa shape index (κ2) is 6.95. The maximum atomic E-state index is 12.5. The third kappa shape index (κ3) is 4.24. The number of nitrogens with one attached hydrogen (secondary N) is 2. The topological polar surface area (TPSA) is 85.9 Å². The van der Waals surface area contributed by atoms with Gasteiger partial charge in [0.2, 0.25) is 6.79 Å². The van der Waals surface area contributed by atoms with Gasteiger partial charge in [-0.2, -0.15) is 0 Å². The number of amides is 2. The van der Waals surface area contributed by atoms with E-state index in [1.54, 1.807) is 63.2 Å². The summed E-state index contributed by atoms with van der Waals surface area (Å²) in [5.74, 6) is 0.683. The molecule has 2 aromatic rings. The monoisotopic (exact) mass is 356 g/mol. The Hall–Kier alpha value is -3.22. The maximum absolute atomic E-state index is 12.5. The van der Waals surface area contributed by atoms with E-state index in [-0.39, 0.29) is 12.7 Å². The molecule has 1 heterocycles. The summed E-state index contributed by atoms with van der Waals surface area (Å²) in [6.45, 7) is 5.48. The van der Waals surface area contributed by atoms with Gasteiger partial charge in [-0.05, 0) is 57.2 Å². The van der Waals surface area contributed by atoms with Crippen LogP contribution in [0.4, 0.5) is 16.2 Å². The van der Waals surface area contributed by atoms with Crippen molar-refractivity contribution in [3.63, 3.8) is 0 Å². The molecule has 136 valence electrons. The van der Waals surface area contributed by atoms with E-state index < -0.39 is 11.7 Å². The minimum atomic E-state index is -0.570. The van der Waals surface area contributed by atoms with Crippen molar-refractivity contribution in [2.45, 2.75) is 26.4 Å². The Kier molecular flexibility index (Phi) is 4.71. The number of rotatable bonds is 3. The zero-order valence-electron chi connectivity index (χ0n) is 14.8. The number of fused-ring (bicyclic) bond motifs is 1. The Morgan fingerprint density at radius 2 is 1.62 bits per heavy atom. The summed E-state index contributed by atoms with van der Waals surface area (Å²) < 4.78 is 15.8. The molecular weight excluding hydrogens is 336 g/mol. The first-order valence-electron chi connectivity index (χ1n) is 8.12. The molecule has 0 aromatic heterocycles. The van der Waals surface area contributed by atoms with Crippen molar-refractivity contribution in [3.8, 4) is 11.5 Å². The lowest BCUT2D eigenvalue weighted by atomic mass is 10.1. The SMILES string of the molecule is CC(C)(C)OC(=O)Nc1ccc(NC(=O)c2cccc3c2OCO3)cc1. The third-order valence-electron chi connectivity index (χ3n) is 3.43. The van der Waals surface area contributed by atoms with Crippen LogP contribution in [0.2, 0.25) is 0 Å². The molecule has 0 spiro atoms. The quantitative estimate of drug-likeness (QED) is 0.868. The summed E-state index contributed by atoms with van der Waals surface area (Å²) in [6.07, 6.45) is -0.536. The molecule has 0 saturated carbocycles. The van der Waals surface area contributed by atoms with E-state index in [2.05, 4.69) is 10.6 Å². The summed E-state index contributed by atoms with van der Waals surface area (Å²) in [5.41, 5.74) is 0.978. The van der Waals surface area contributed by atoms with Crippen molar-refractivity contribution in [1.82, 2.24) is 0 Å². The fraction of sp³-hybridized carbons (Fsp3) is 0.263. The molecule has 0 fully saturated rings. The first kappa shape index (κ1) is 17.6. The van der Waals surface area contributed by atoms with Crippen LogP contribution in [-0.4, -0.2) is 24.4 Å². The predicted molar refractivity (Wildman–Crippen MR) is 96.8 cm³/mol. The predicted octanol–water partition coefficient (Wildman–Crippen LogP) is 4.01. The second-order valence-electron chi connectivity index (χ2n) is 6.70. The smallest absolute Gasteiger partial charge is 0.412 e. The van der Waals surface area contributed by atoms with Gasteiger partial charge in [0, 0.05) is 11.4 Å². The van der Waals surface area contributed by atoms with Crippen molar-refractivity contribution >= 4 is 23.4 Å². The van der Waals surface area contributed by atoms with Gasteiger partial charge in [-0.1, -0.05) is 6.07 Å². The van der Waals surface area contributed by atoms with Gasteiger partial charge in [0.05, 0.1) is 5.56 Å². The molecule has 0 unspecified atom stereocenters. The highest BCUT2D eigenvalue weighted by molar-refractivity contribution is 6.07. The Morgan fingerprint density at radius 3 is 2.27 bits per heavy atom. The number of hydrogen-bond donors (Lipinski definition) is 2. The number of carbonyl (C=O) groups is 2. The van der Waals surface area contributed by atoms with E-state index in [1.165, 1.54) is 0 Å². The summed E-state index contributed by atoms with van der Waals surface area (Å²) in [7, 11) is 0. The minimum absolute atomic E-state index is 0.102. The fourth-order valence-electron chi connectivity index (χ4n) is 2.37. The average molecular weight is 356 g/mol. The molecule has 1 aliphatic rings. The van der Waals surface area contributed by atoms with E-state index in [0.29, 0.717) is 28.4 Å². The highest BCUT2D eigenvalue weighted by Gasteiger charge is 2.22. The molecule has 0 radical (unpaired) electrons. The number of hydrogen-bond acceptors (Lipinski definition) is 5. The molecule has 2 aromatic carbocycles. The van der Waals surface area contributed by atoms with Gasteiger partial charge in [-0.3, -0.25) is 10.1 Å². The summed E-state index contributed by atoms with van der Waals surface area (Å²) in [4.78, 5) is 24.2. The molecule has 0 saturated heterocycles. The Bertz CT molecular complexity index is 825. The molecule has 0 bridgehead atoms. The van der Waals surface area contributed by atoms with Crippen LogP contribution in [0.25, 0.3) is 0 Å². The lowest BCUT2D eigenvalue weighted by molar-refractivity contribution is 0.0635. The van der Waals surface area contributed by atoms with Crippen molar-refractivity contribution in [2.75, 3.05) is 17.4 Å². The zero-order valence-corrected chi connectivity index (χ0v) is 14.8. The van der Waals surface area contributed by atoms with Crippen LogP contribution in [0, 0.1) is 0 Å². The maximum Gasteiger partial charge on any atom is 0.412 e. The highest BCUT2D eigenvalue weighted by Crippen LogP contribution is 2.35. The minimum Gasteiger partial charge on any atom is -0.454 e. The number of anilines is 2. The summed E-state index contributed by atoms with van der Waals surface area (Å²) in [5, 5.41) is 5.42. The molecule has 1 aliphatic heterocycles. The van der Waals surface area contributed by atoms with Gasteiger partial charge in [0.25, 0.3) is 5.91 Å². The van der Waals surface area contributed by atoms with Crippen LogP contribution in [0.1, 0.15) is 31.1 Å². The third-order valence-corrected chi connectivity index (χ3v) is 3.43. The molecule has 26 heavy (non-hydrogen) atoms. The zero-order chi connectivity index (χ0) is 18.7. The molecule has 0 atom stereocenters. The largest absolute Gasteiger partial charge is 0.454 e. The van der Waals surface area contributed by atoms with Crippen LogP contribution in [-0.2, 0) is 4.74 Å².